The molecule has 0 saturated carbocycles. The van der Waals surface area contributed by atoms with E-state index in [0.29, 0.717) is 12.2 Å². The summed E-state index contributed by atoms with van der Waals surface area (Å²) in [6.45, 7) is 0. The molecule has 2 fully saturated rings. The standard InChI is InChI=1S/C9H7NO2/c1-2-4-5(10-3-1)7-9(12-7)8-6(4)11-8/h1-3,6-9H/t6-,7-,8-,9-/m1/s1. The number of pyridine rings is 1. The highest BCUT2D eigenvalue weighted by Crippen LogP contribution is 2.59. The smallest absolute Gasteiger partial charge is 0.129 e. The Hall–Kier alpha value is -0.930. The Labute approximate surface area is 69.3 Å². The van der Waals surface area contributed by atoms with Gasteiger partial charge in [-0.2, -0.15) is 0 Å². The number of fused-ring (bicyclic) bond motifs is 6. The Balaban J connectivity index is 1.99. The van der Waals surface area contributed by atoms with Crippen molar-refractivity contribution >= 4 is 0 Å². The van der Waals surface area contributed by atoms with E-state index in [-0.39, 0.29) is 12.2 Å². The normalized spacial score (nSPS) is 45.7. The minimum Gasteiger partial charge on any atom is -0.361 e. The Kier molecular flexibility index (Phi) is 0.736. The van der Waals surface area contributed by atoms with Crippen molar-refractivity contribution in [3.63, 3.8) is 0 Å². The fourth-order valence-electron chi connectivity index (χ4n) is 2.13. The Bertz CT molecular complexity index is 330. The van der Waals surface area contributed by atoms with Crippen LogP contribution in [0, 0.1) is 0 Å². The van der Waals surface area contributed by atoms with Crippen LogP contribution in [0.15, 0.2) is 18.3 Å². The van der Waals surface area contributed by atoms with E-state index in [9.17, 15) is 0 Å². The first-order valence-electron chi connectivity index (χ1n) is 4.21. The number of ether oxygens (including phenoxy) is 2. The van der Waals surface area contributed by atoms with Crippen molar-refractivity contribution in [1.29, 1.82) is 0 Å². The van der Waals surface area contributed by atoms with Crippen LogP contribution in [0.4, 0.5) is 0 Å². The van der Waals surface area contributed by atoms with Gasteiger partial charge in [-0.25, -0.2) is 0 Å². The topological polar surface area (TPSA) is 38.0 Å². The lowest BCUT2D eigenvalue weighted by Gasteiger charge is -2.05. The molecule has 4 rings (SSSR count). The molecule has 1 aliphatic carbocycles. The zero-order valence-corrected chi connectivity index (χ0v) is 6.31. The van der Waals surface area contributed by atoms with Gasteiger partial charge in [-0.3, -0.25) is 4.98 Å². The van der Waals surface area contributed by atoms with E-state index in [2.05, 4.69) is 11.1 Å². The molecule has 0 amide bonds. The average Bonchev–Trinajstić information content (AvgIpc) is 2.98. The molecule has 0 unspecified atom stereocenters. The van der Waals surface area contributed by atoms with Crippen LogP contribution in [0.1, 0.15) is 23.5 Å². The number of hydrogen-bond acceptors (Lipinski definition) is 3. The average molecular weight is 161 g/mol. The van der Waals surface area contributed by atoms with Crippen LogP contribution >= 0.6 is 0 Å². The first-order valence-corrected chi connectivity index (χ1v) is 4.21. The summed E-state index contributed by atoms with van der Waals surface area (Å²) < 4.78 is 11.0. The second-order valence-corrected chi connectivity index (χ2v) is 3.52. The van der Waals surface area contributed by atoms with E-state index in [0.717, 1.165) is 5.69 Å². The predicted octanol–water partition coefficient (Wildman–Crippen LogP) is 0.975. The fourth-order valence-corrected chi connectivity index (χ4v) is 2.13. The lowest BCUT2D eigenvalue weighted by atomic mass is 9.96. The van der Waals surface area contributed by atoms with Crippen LogP contribution < -0.4 is 0 Å². The molecule has 2 saturated heterocycles. The molecule has 0 radical (unpaired) electrons. The van der Waals surface area contributed by atoms with Crippen LogP contribution in [-0.4, -0.2) is 17.2 Å². The largest absolute Gasteiger partial charge is 0.361 e. The van der Waals surface area contributed by atoms with Crippen LogP contribution in [0.25, 0.3) is 0 Å². The number of hydrogen-bond donors (Lipinski definition) is 0. The number of nitrogens with zero attached hydrogens (tertiary/aromatic N) is 1. The molecule has 1 aromatic rings. The van der Waals surface area contributed by atoms with Crippen LogP contribution in [0.5, 0.6) is 0 Å². The van der Waals surface area contributed by atoms with Crippen LogP contribution in [-0.2, 0) is 9.47 Å². The van der Waals surface area contributed by atoms with E-state index in [1.54, 1.807) is 0 Å². The van der Waals surface area contributed by atoms with Crippen molar-refractivity contribution in [2.24, 2.45) is 0 Å². The van der Waals surface area contributed by atoms with Crippen LogP contribution in [0.3, 0.4) is 0 Å². The molecule has 0 N–H and O–H groups in total. The molecule has 1 aromatic heterocycles. The maximum absolute atomic E-state index is 5.49. The lowest BCUT2D eigenvalue weighted by Crippen LogP contribution is -2.08. The summed E-state index contributed by atoms with van der Waals surface area (Å²) in [6, 6.07) is 4.05. The molecule has 4 atom stereocenters. The molecule has 0 bridgehead atoms. The van der Waals surface area contributed by atoms with Gasteiger partial charge in [0.25, 0.3) is 0 Å². The molecule has 0 spiro atoms. The third-order valence-electron chi connectivity index (χ3n) is 2.82. The number of rotatable bonds is 0. The van der Waals surface area contributed by atoms with Crippen molar-refractivity contribution in [3.05, 3.63) is 29.6 Å². The highest BCUT2D eigenvalue weighted by Gasteiger charge is 2.64. The van der Waals surface area contributed by atoms with Gasteiger partial charge in [-0.1, -0.05) is 6.07 Å². The summed E-state index contributed by atoms with van der Waals surface area (Å²) in [7, 11) is 0. The van der Waals surface area contributed by atoms with Gasteiger partial charge in [0, 0.05) is 11.8 Å². The minimum absolute atomic E-state index is 0.241. The van der Waals surface area contributed by atoms with Crippen molar-refractivity contribution in [2.45, 2.75) is 24.4 Å². The Morgan fingerprint density at radius 2 is 2.00 bits per heavy atom. The monoisotopic (exact) mass is 161 g/mol. The molecular formula is C9H7NO2. The Morgan fingerprint density at radius 1 is 1.17 bits per heavy atom. The van der Waals surface area contributed by atoms with E-state index in [1.165, 1.54) is 5.56 Å². The van der Waals surface area contributed by atoms with Gasteiger partial charge >= 0.3 is 0 Å². The maximum Gasteiger partial charge on any atom is 0.129 e. The second-order valence-electron chi connectivity index (χ2n) is 3.52. The van der Waals surface area contributed by atoms with Crippen molar-refractivity contribution in [1.82, 2.24) is 4.98 Å². The molecule has 3 heterocycles. The zero-order chi connectivity index (χ0) is 7.71. The van der Waals surface area contributed by atoms with Crippen molar-refractivity contribution in [2.75, 3.05) is 0 Å². The molecule has 3 nitrogen and oxygen atoms in total. The van der Waals surface area contributed by atoms with Crippen LogP contribution in [0.2, 0.25) is 0 Å². The summed E-state index contributed by atoms with van der Waals surface area (Å²) in [4.78, 5) is 4.31. The van der Waals surface area contributed by atoms with E-state index >= 15 is 0 Å². The molecule has 12 heavy (non-hydrogen) atoms. The van der Waals surface area contributed by atoms with E-state index in [1.807, 2.05) is 12.3 Å². The third kappa shape index (κ3) is 0.509. The second kappa shape index (κ2) is 1.56. The van der Waals surface area contributed by atoms with Gasteiger partial charge in [-0.05, 0) is 6.07 Å². The highest BCUT2D eigenvalue weighted by atomic mass is 16.7. The van der Waals surface area contributed by atoms with Crippen molar-refractivity contribution < 1.29 is 9.47 Å². The quantitative estimate of drug-likeness (QED) is 0.532. The molecular weight excluding hydrogens is 154 g/mol. The predicted molar refractivity (Wildman–Crippen MR) is 39.5 cm³/mol. The summed E-state index contributed by atoms with van der Waals surface area (Å²) >= 11 is 0. The van der Waals surface area contributed by atoms with E-state index in [4.69, 9.17) is 9.47 Å². The third-order valence-corrected chi connectivity index (χ3v) is 2.82. The summed E-state index contributed by atoms with van der Waals surface area (Å²) in [5, 5.41) is 0. The highest BCUT2D eigenvalue weighted by molar-refractivity contribution is 5.37. The molecule has 2 aliphatic heterocycles. The molecule has 60 valence electrons. The molecule has 0 aromatic carbocycles. The first-order chi connectivity index (χ1) is 5.95. The molecule has 3 heteroatoms. The van der Waals surface area contributed by atoms with Gasteiger partial charge in [-0.15, -0.1) is 0 Å². The maximum atomic E-state index is 5.49. The van der Waals surface area contributed by atoms with Gasteiger partial charge in [0.15, 0.2) is 0 Å². The zero-order valence-electron chi connectivity index (χ0n) is 6.31. The van der Waals surface area contributed by atoms with Gasteiger partial charge in [0.05, 0.1) is 5.69 Å². The summed E-state index contributed by atoms with van der Waals surface area (Å²) in [5.41, 5.74) is 2.34. The summed E-state index contributed by atoms with van der Waals surface area (Å²) in [6.07, 6.45) is 3.01. The SMILES string of the molecule is c1cnc2c(c1)[C@H]1O[C@H]1[C@@H]1O[C@H]21. The number of aromatic nitrogens is 1. The van der Waals surface area contributed by atoms with Crippen molar-refractivity contribution in [3.8, 4) is 0 Å². The fraction of sp³-hybridized carbons (Fsp3) is 0.444. The molecule has 3 aliphatic rings. The Morgan fingerprint density at radius 3 is 3.00 bits per heavy atom. The minimum atomic E-state index is 0.241. The summed E-state index contributed by atoms with van der Waals surface area (Å²) in [5.74, 6) is 0. The first kappa shape index (κ1) is 5.67. The van der Waals surface area contributed by atoms with Gasteiger partial charge < -0.3 is 9.47 Å². The van der Waals surface area contributed by atoms with Gasteiger partial charge in [0.1, 0.15) is 24.4 Å². The van der Waals surface area contributed by atoms with Gasteiger partial charge in [0.2, 0.25) is 0 Å². The lowest BCUT2D eigenvalue weighted by molar-refractivity contribution is 0.303. The number of epoxide rings is 2. The van der Waals surface area contributed by atoms with E-state index < -0.39 is 0 Å².